The molecule has 1 nitrogen and oxygen atoms in total. The van der Waals surface area contributed by atoms with Gasteiger partial charge in [0.2, 0.25) is 0 Å². The number of aryl methyl sites for hydroxylation is 1. The molecule has 0 spiro atoms. The van der Waals surface area contributed by atoms with Crippen LogP contribution in [0.1, 0.15) is 11.1 Å². The van der Waals surface area contributed by atoms with Crippen molar-refractivity contribution in [2.75, 3.05) is 13.1 Å². The molecule has 82 valence electrons. The molecule has 0 bridgehead atoms. The van der Waals surface area contributed by atoms with Gasteiger partial charge in [-0.15, -0.1) is 0 Å². The van der Waals surface area contributed by atoms with Gasteiger partial charge in [-0.05, 0) is 54.3 Å². The summed E-state index contributed by atoms with van der Waals surface area (Å²) in [4.78, 5) is 0. The summed E-state index contributed by atoms with van der Waals surface area (Å²) in [6.45, 7) is 4.56. The SMILES string of the molecule is Cc1ccc(CC2CNC2)c2ccccc12. The molecule has 16 heavy (non-hydrogen) atoms. The third-order valence-electron chi connectivity index (χ3n) is 3.61. The number of hydrogen-bond acceptors (Lipinski definition) is 1. The maximum Gasteiger partial charge on any atom is -0.000506 e. The summed E-state index contributed by atoms with van der Waals surface area (Å²) >= 11 is 0. The predicted molar refractivity (Wildman–Crippen MR) is 68.7 cm³/mol. The second-order valence-electron chi connectivity index (χ2n) is 4.82. The van der Waals surface area contributed by atoms with Crippen LogP contribution in [0.25, 0.3) is 10.8 Å². The number of benzene rings is 2. The molecule has 0 unspecified atom stereocenters. The Morgan fingerprint density at radius 3 is 2.50 bits per heavy atom. The highest BCUT2D eigenvalue weighted by atomic mass is 14.9. The lowest BCUT2D eigenvalue weighted by atomic mass is 9.90. The Balaban J connectivity index is 2.06. The standard InChI is InChI=1S/C15H17N/c1-11-6-7-13(8-12-9-16-10-12)15-5-3-2-4-14(11)15/h2-7,12,16H,8-10H2,1H3. The van der Waals surface area contributed by atoms with Crippen molar-refractivity contribution in [1.82, 2.24) is 5.32 Å². The third-order valence-corrected chi connectivity index (χ3v) is 3.61. The first kappa shape index (κ1) is 9.86. The number of rotatable bonds is 2. The van der Waals surface area contributed by atoms with E-state index < -0.39 is 0 Å². The molecule has 0 radical (unpaired) electrons. The van der Waals surface area contributed by atoms with Crippen LogP contribution in [-0.4, -0.2) is 13.1 Å². The van der Waals surface area contributed by atoms with Crippen molar-refractivity contribution in [3.63, 3.8) is 0 Å². The number of nitrogens with one attached hydrogen (secondary N) is 1. The van der Waals surface area contributed by atoms with E-state index in [0.717, 1.165) is 5.92 Å². The van der Waals surface area contributed by atoms with Gasteiger partial charge in [-0.3, -0.25) is 0 Å². The van der Waals surface area contributed by atoms with Crippen LogP contribution in [0.15, 0.2) is 36.4 Å². The van der Waals surface area contributed by atoms with E-state index in [0.29, 0.717) is 0 Å². The van der Waals surface area contributed by atoms with Crippen LogP contribution in [0, 0.1) is 12.8 Å². The number of hydrogen-bond donors (Lipinski definition) is 1. The fourth-order valence-corrected chi connectivity index (χ4v) is 2.49. The Kier molecular flexibility index (Phi) is 2.41. The first-order valence-corrected chi connectivity index (χ1v) is 6.02. The molecular weight excluding hydrogens is 194 g/mol. The van der Waals surface area contributed by atoms with E-state index in [1.807, 2.05) is 0 Å². The van der Waals surface area contributed by atoms with Crippen LogP contribution < -0.4 is 5.32 Å². The van der Waals surface area contributed by atoms with Gasteiger partial charge >= 0.3 is 0 Å². The van der Waals surface area contributed by atoms with Crippen LogP contribution in [0.4, 0.5) is 0 Å². The first-order chi connectivity index (χ1) is 7.84. The van der Waals surface area contributed by atoms with Crippen molar-refractivity contribution in [2.45, 2.75) is 13.3 Å². The summed E-state index contributed by atoms with van der Waals surface area (Å²) in [7, 11) is 0. The molecular formula is C15H17N. The van der Waals surface area contributed by atoms with Crippen molar-refractivity contribution in [1.29, 1.82) is 0 Å². The minimum atomic E-state index is 0.839. The maximum absolute atomic E-state index is 3.34. The maximum atomic E-state index is 3.34. The number of fused-ring (bicyclic) bond motifs is 1. The minimum absolute atomic E-state index is 0.839. The summed E-state index contributed by atoms with van der Waals surface area (Å²) in [5, 5.41) is 6.19. The van der Waals surface area contributed by atoms with Crippen molar-refractivity contribution in [2.24, 2.45) is 5.92 Å². The lowest BCUT2D eigenvalue weighted by molar-refractivity contribution is 0.347. The van der Waals surface area contributed by atoms with Gasteiger partial charge in [-0.25, -0.2) is 0 Å². The molecule has 1 fully saturated rings. The molecule has 0 aromatic heterocycles. The van der Waals surface area contributed by atoms with E-state index in [-0.39, 0.29) is 0 Å². The van der Waals surface area contributed by atoms with Crippen molar-refractivity contribution in [3.8, 4) is 0 Å². The second kappa shape index (κ2) is 3.91. The van der Waals surface area contributed by atoms with Gasteiger partial charge in [0, 0.05) is 0 Å². The lowest BCUT2D eigenvalue weighted by Gasteiger charge is -2.27. The van der Waals surface area contributed by atoms with Crippen molar-refractivity contribution in [3.05, 3.63) is 47.5 Å². The fourth-order valence-electron chi connectivity index (χ4n) is 2.49. The predicted octanol–water partition coefficient (Wildman–Crippen LogP) is 2.91. The average Bonchev–Trinajstić information content (AvgIpc) is 2.26. The molecule has 1 saturated heterocycles. The van der Waals surface area contributed by atoms with Crippen LogP contribution in [0.3, 0.4) is 0 Å². The highest BCUT2D eigenvalue weighted by Crippen LogP contribution is 2.25. The van der Waals surface area contributed by atoms with E-state index in [2.05, 4.69) is 48.6 Å². The highest BCUT2D eigenvalue weighted by Gasteiger charge is 2.17. The Labute approximate surface area is 96.5 Å². The molecule has 3 rings (SSSR count). The van der Waals surface area contributed by atoms with E-state index in [9.17, 15) is 0 Å². The Bertz CT molecular complexity index is 512. The Morgan fingerprint density at radius 1 is 1.06 bits per heavy atom. The molecule has 1 heteroatoms. The molecule has 2 aromatic rings. The van der Waals surface area contributed by atoms with Crippen LogP contribution >= 0.6 is 0 Å². The van der Waals surface area contributed by atoms with E-state index in [1.54, 1.807) is 0 Å². The monoisotopic (exact) mass is 211 g/mol. The van der Waals surface area contributed by atoms with Gasteiger partial charge in [0.15, 0.2) is 0 Å². The summed E-state index contributed by atoms with van der Waals surface area (Å²) in [6, 6.07) is 13.3. The first-order valence-electron chi connectivity index (χ1n) is 6.02. The molecule has 0 amide bonds. The van der Waals surface area contributed by atoms with E-state index in [1.165, 1.54) is 41.4 Å². The van der Waals surface area contributed by atoms with Crippen LogP contribution in [0.2, 0.25) is 0 Å². The Morgan fingerprint density at radius 2 is 1.81 bits per heavy atom. The molecule has 0 saturated carbocycles. The molecule has 2 aromatic carbocycles. The summed E-state index contributed by atoms with van der Waals surface area (Å²) in [5.74, 6) is 0.839. The molecule has 0 atom stereocenters. The summed E-state index contributed by atoms with van der Waals surface area (Å²) in [6.07, 6.45) is 1.22. The lowest BCUT2D eigenvalue weighted by Crippen LogP contribution is -2.43. The second-order valence-corrected chi connectivity index (χ2v) is 4.82. The molecule has 0 aliphatic carbocycles. The average molecular weight is 211 g/mol. The van der Waals surface area contributed by atoms with Gasteiger partial charge in [0.25, 0.3) is 0 Å². The molecule has 1 aliphatic rings. The fraction of sp³-hybridized carbons (Fsp3) is 0.333. The summed E-state index contributed by atoms with van der Waals surface area (Å²) < 4.78 is 0. The normalized spacial score (nSPS) is 16.3. The zero-order valence-corrected chi connectivity index (χ0v) is 9.66. The molecule has 1 aliphatic heterocycles. The highest BCUT2D eigenvalue weighted by molar-refractivity contribution is 5.88. The van der Waals surface area contributed by atoms with Crippen molar-refractivity contribution < 1.29 is 0 Å². The molecule has 1 N–H and O–H groups in total. The largest absolute Gasteiger partial charge is 0.316 e. The van der Waals surface area contributed by atoms with E-state index in [4.69, 9.17) is 0 Å². The van der Waals surface area contributed by atoms with Gasteiger partial charge in [-0.2, -0.15) is 0 Å². The smallest absolute Gasteiger partial charge is 0.000506 e. The van der Waals surface area contributed by atoms with Crippen LogP contribution in [-0.2, 0) is 6.42 Å². The molecule has 1 heterocycles. The summed E-state index contributed by atoms with van der Waals surface area (Å²) in [5.41, 5.74) is 2.89. The third kappa shape index (κ3) is 1.61. The topological polar surface area (TPSA) is 12.0 Å². The Hall–Kier alpha value is -1.34. The van der Waals surface area contributed by atoms with Gasteiger partial charge in [0.1, 0.15) is 0 Å². The van der Waals surface area contributed by atoms with E-state index >= 15 is 0 Å². The zero-order valence-electron chi connectivity index (χ0n) is 9.66. The minimum Gasteiger partial charge on any atom is -0.316 e. The van der Waals surface area contributed by atoms with Gasteiger partial charge in [-0.1, -0.05) is 36.4 Å². The quantitative estimate of drug-likeness (QED) is 0.805. The van der Waals surface area contributed by atoms with Gasteiger partial charge < -0.3 is 5.32 Å². The van der Waals surface area contributed by atoms with Crippen LogP contribution in [0.5, 0.6) is 0 Å². The zero-order chi connectivity index (χ0) is 11.0. The van der Waals surface area contributed by atoms with Crippen molar-refractivity contribution >= 4 is 10.8 Å². The van der Waals surface area contributed by atoms with Gasteiger partial charge in [0.05, 0.1) is 0 Å².